The molecule has 0 bridgehead atoms. The molecule has 0 radical (unpaired) electrons. The molecule has 1 aromatic carbocycles. The summed E-state index contributed by atoms with van der Waals surface area (Å²) in [6, 6.07) is 4.07. The van der Waals surface area contributed by atoms with Crippen molar-refractivity contribution < 1.29 is 22.8 Å². The molecule has 158 valence electrons. The van der Waals surface area contributed by atoms with Crippen LogP contribution in [0.4, 0.5) is 13.2 Å². The van der Waals surface area contributed by atoms with E-state index in [0.717, 1.165) is 12.1 Å². The van der Waals surface area contributed by atoms with Crippen LogP contribution in [0.2, 0.25) is 0 Å². The van der Waals surface area contributed by atoms with Gasteiger partial charge in [0, 0.05) is 12.4 Å². The first kappa shape index (κ1) is 20.3. The number of halogens is 3. The molecule has 0 spiro atoms. The molecule has 2 aromatic rings. The first-order valence-electron chi connectivity index (χ1n) is 9.64. The highest BCUT2D eigenvalue weighted by Crippen LogP contribution is 2.35. The van der Waals surface area contributed by atoms with Gasteiger partial charge in [0.15, 0.2) is 5.82 Å². The van der Waals surface area contributed by atoms with E-state index >= 15 is 0 Å². The summed E-state index contributed by atoms with van der Waals surface area (Å²) in [5.41, 5.74) is 0.585. The van der Waals surface area contributed by atoms with Gasteiger partial charge in [-0.15, -0.1) is 0 Å². The van der Waals surface area contributed by atoms with Crippen molar-refractivity contribution in [2.75, 3.05) is 0 Å². The van der Waals surface area contributed by atoms with E-state index in [-0.39, 0.29) is 18.2 Å². The molecule has 3 N–H and O–H groups in total. The Bertz CT molecular complexity index is 951. The molecule has 2 unspecified atom stereocenters. The fraction of sp³-hybridized carbons (Fsp3) is 0.400. The second-order valence-electron chi connectivity index (χ2n) is 7.40. The number of alkyl halides is 3. The number of aryl methyl sites for hydroxylation is 1. The Morgan fingerprint density at radius 2 is 1.97 bits per heavy atom. The van der Waals surface area contributed by atoms with Crippen LogP contribution in [0.25, 0.3) is 0 Å². The van der Waals surface area contributed by atoms with Gasteiger partial charge in [-0.3, -0.25) is 14.9 Å². The van der Waals surface area contributed by atoms with E-state index in [1.807, 2.05) is 0 Å². The van der Waals surface area contributed by atoms with E-state index in [1.165, 1.54) is 18.5 Å². The number of carbonyl (C=O) groups is 2. The van der Waals surface area contributed by atoms with Crippen molar-refractivity contribution in [3.63, 3.8) is 0 Å². The Hall–Kier alpha value is -3.01. The zero-order valence-electron chi connectivity index (χ0n) is 15.9. The summed E-state index contributed by atoms with van der Waals surface area (Å²) in [7, 11) is 0. The number of rotatable bonds is 3. The third-order valence-corrected chi connectivity index (χ3v) is 5.32. The zero-order valence-corrected chi connectivity index (χ0v) is 15.9. The van der Waals surface area contributed by atoms with Gasteiger partial charge >= 0.3 is 6.18 Å². The molecule has 2 heterocycles. The quantitative estimate of drug-likeness (QED) is 0.709. The van der Waals surface area contributed by atoms with E-state index in [1.54, 1.807) is 6.07 Å². The topological polar surface area (TPSA) is 96.0 Å². The number of amides is 2. The van der Waals surface area contributed by atoms with Crippen LogP contribution in [-0.2, 0) is 22.2 Å². The highest BCUT2D eigenvalue weighted by Gasteiger charge is 2.35. The number of nitrogens with one attached hydrogen (secondary N) is 3. The molecule has 3 atom stereocenters. The second-order valence-corrected chi connectivity index (χ2v) is 7.40. The van der Waals surface area contributed by atoms with Crippen LogP contribution >= 0.6 is 0 Å². The molecule has 7 nitrogen and oxygen atoms in total. The third kappa shape index (κ3) is 4.28. The largest absolute Gasteiger partial charge is 0.416 e. The number of hydrogen-bond acceptors (Lipinski definition) is 5. The first-order chi connectivity index (χ1) is 14.3. The standard InChI is InChI=1S/C20H20F3N5O2/c21-20(22,23)12-5-6-13-11(9-12)3-1-4-14(13)27-19(30)15-10-16(29)28-18(26-15)17-24-7-2-8-25-17/h2,5-9,14-15,18,26H,1,3-4,10H2,(H,27,30)(H,28,29)/t14-,15?,18?/m1/s1. The fourth-order valence-electron chi connectivity index (χ4n) is 3.89. The van der Waals surface area contributed by atoms with Gasteiger partial charge in [0.05, 0.1) is 24.1 Å². The predicted octanol–water partition coefficient (Wildman–Crippen LogP) is 2.17. The molecule has 2 aliphatic rings. The van der Waals surface area contributed by atoms with Crippen LogP contribution in [0.15, 0.2) is 36.7 Å². The van der Waals surface area contributed by atoms with E-state index in [0.29, 0.717) is 36.2 Å². The van der Waals surface area contributed by atoms with Crippen molar-refractivity contribution in [1.29, 1.82) is 0 Å². The normalized spacial score (nSPS) is 24.0. The Morgan fingerprint density at radius 1 is 1.20 bits per heavy atom. The molecule has 30 heavy (non-hydrogen) atoms. The highest BCUT2D eigenvalue weighted by atomic mass is 19.4. The van der Waals surface area contributed by atoms with Crippen LogP contribution in [0.5, 0.6) is 0 Å². The maximum absolute atomic E-state index is 13.0. The van der Waals surface area contributed by atoms with Gasteiger partial charge in [-0.05, 0) is 48.6 Å². The van der Waals surface area contributed by atoms with Crippen molar-refractivity contribution >= 4 is 11.8 Å². The third-order valence-electron chi connectivity index (χ3n) is 5.32. The van der Waals surface area contributed by atoms with Crippen LogP contribution < -0.4 is 16.0 Å². The van der Waals surface area contributed by atoms with Gasteiger partial charge in [0.2, 0.25) is 11.8 Å². The van der Waals surface area contributed by atoms with Gasteiger partial charge < -0.3 is 10.6 Å². The lowest BCUT2D eigenvalue weighted by molar-refractivity contribution is -0.137. The summed E-state index contributed by atoms with van der Waals surface area (Å²) in [5, 5.41) is 8.61. The lowest BCUT2D eigenvalue weighted by Gasteiger charge is -2.32. The van der Waals surface area contributed by atoms with Gasteiger partial charge in [0.1, 0.15) is 6.17 Å². The molecule has 1 aliphatic heterocycles. The van der Waals surface area contributed by atoms with Gasteiger partial charge in [-0.2, -0.15) is 13.2 Å². The molecule has 1 aliphatic carbocycles. The van der Waals surface area contributed by atoms with Crippen molar-refractivity contribution in [2.24, 2.45) is 0 Å². The van der Waals surface area contributed by atoms with Crippen LogP contribution in [0.1, 0.15) is 54.0 Å². The molecule has 1 fully saturated rings. The van der Waals surface area contributed by atoms with Crippen molar-refractivity contribution in [1.82, 2.24) is 25.9 Å². The number of nitrogens with zero attached hydrogens (tertiary/aromatic N) is 2. The molecular weight excluding hydrogens is 399 g/mol. The fourth-order valence-corrected chi connectivity index (χ4v) is 3.89. The highest BCUT2D eigenvalue weighted by molar-refractivity contribution is 5.89. The molecule has 1 saturated heterocycles. The summed E-state index contributed by atoms with van der Waals surface area (Å²) >= 11 is 0. The van der Waals surface area contributed by atoms with Gasteiger partial charge in [-0.25, -0.2) is 9.97 Å². The monoisotopic (exact) mass is 419 g/mol. The Balaban J connectivity index is 1.48. The minimum Gasteiger partial charge on any atom is -0.348 e. The summed E-state index contributed by atoms with van der Waals surface area (Å²) in [6.07, 6.45) is -0.269. The zero-order chi connectivity index (χ0) is 21.3. The summed E-state index contributed by atoms with van der Waals surface area (Å²) in [4.78, 5) is 33.1. The number of benzene rings is 1. The number of aromatic nitrogens is 2. The predicted molar refractivity (Wildman–Crippen MR) is 99.7 cm³/mol. The Labute approximate surface area is 170 Å². The lowest BCUT2D eigenvalue weighted by atomic mass is 9.86. The molecule has 0 saturated carbocycles. The molecular formula is C20H20F3N5O2. The lowest BCUT2D eigenvalue weighted by Crippen LogP contribution is -2.57. The average molecular weight is 419 g/mol. The molecule has 10 heteroatoms. The summed E-state index contributed by atoms with van der Waals surface area (Å²) < 4.78 is 39.0. The second kappa shape index (κ2) is 8.02. The number of hydrogen-bond donors (Lipinski definition) is 3. The van der Waals surface area contributed by atoms with Crippen molar-refractivity contribution in [3.05, 3.63) is 59.2 Å². The van der Waals surface area contributed by atoms with Crippen LogP contribution in [0.3, 0.4) is 0 Å². The van der Waals surface area contributed by atoms with E-state index in [2.05, 4.69) is 25.9 Å². The SMILES string of the molecule is O=C1CC(C(=O)N[C@@H]2CCCc3cc(C(F)(F)F)ccc32)NC(c2ncccn2)N1. The van der Waals surface area contributed by atoms with Gasteiger partial charge in [0.25, 0.3) is 0 Å². The van der Waals surface area contributed by atoms with Crippen molar-refractivity contribution in [2.45, 2.75) is 50.1 Å². The van der Waals surface area contributed by atoms with Crippen LogP contribution in [-0.4, -0.2) is 27.8 Å². The van der Waals surface area contributed by atoms with E-state index < -0.39 is 30.0 Å². The number of fused-ring (bicyclic) bond motifs is 1. The first-order valence-corrected chi connectivity index (χ1v) is 9.64. The maximum atomic E-state index is 13.0. The summed E-state index contributed by atoms with van der Waals surface area (Å²) in [5.74, 6) is -0.361. The maximum Gasteiger partial charge on any atom is 0.416 e. The number of carbonyl (C=O) groups excluding carboxylic acids is 2. The Kier molecular flexibility index (Phi) is 5.42. The van der Waals surface area contributed by atoms with Crippen molar-refractivity contribution in [3.8, 4) is 0 Å². The van der Waals surface area contributed by atoms with E-state index in [4.69, 9.17) is 0 Å². The molecule has 2 amide bonds. The minimum atomic E-state index is -4.40. The van der Waals surface area contributed by atoms with Gasteiger partial charge in [-0.1, -0.05) is 6.07 Å². The molecule has 4 rings (SSSR count). The van der Waals surface area contributed by atoms with Crippen LogP contribution in [0, 0.1) is 0 Å². The Morgan fingerprint density at radius 3 is 2.70 bits per heavy atom. The average Bonchev–Trinajstić information content (AvgIpc) is 2.73. The smallest absolute Gasteiger partial charge is 0.348 e. The summed E-state index contributed by atoms with van der Waals surface area (Å²) in [6.45, 7) is 0. The van der Waals surface area contributed by atoms with E-state index in [9.17, 15) is 22.8 Å². The molecule has 1 aromatic heterocycles. The minimum absolute atomic E-state index is 0.0538.